The van der Waals surface area contributed by atoms with Crippen LogP contribution in [-0.4, -0.2) is 36.6 Å². The third-order valence-corrected chi connectivity index (χ3v) is 6.71. The van der Waals surface area contributed by atoms with Gasteiger partial charge in [-0.25, -0.2) is 0 Å². The number of likely N-dealkylation sites (tertiary alicyclic amines) is 1. The summed E-state index contributed by atoms with van der Waals surface area (Å²) in [6.07, 6.45) is 10.3. The van der Waals surface area contributed by atoms with E-state index >= 15 is 0 Å². The first-order chi connectivity index (χ1) is 10.2. The molecule has 0 aromatic rings. The van der Waals surface area contributed by atoms with E-state index in [1.807, 2.05) is 0 Å². The van der Waals surface area contributed by atoms with Gasteiger partial charge in [-0.2, -0.15) is 0 Å². The lowest BCUT2D eigenvalue weighted by Gasteiger charge is -2.43. The molecule has 2 aliphatic carbocycles. The van der Waals surface area contributed by atoms with Crippen molar-refractivity contribution >= 4 is 0 Å². The van der Waals surface area contributed by atoms with Crippen LogP contribution in [0, 0.1) is 23.7 Å². The van der Waals surface area contributed by atoms with Gasteiger partial charge in [-0.05, 0) is 68.9 Å². The number of rotatable bonds is 4. The van der Waals surface area contributed by atoms with E-state index in [1.165, 1.54) is 58.0 Å². The SMILES string of the molecule is CCNC1CC(C)CC(C)C1CN1CCC2CCCCC21. The molecule has 3 aliphatic rings. The average Bonchev–Trinajstić information content (AvgIpc) is 2.86. The van der Waals surface area contributed by atoms with Crippen molar-refractivity contribution in [3.63, 3.8) is 0 Å². The van der Waals surface area contributed by atoms with Crippen molar-refractivity contribution in [3.8, 4) is 0 Å². The summed E-state index contributed by atoms with van der Waals surface area (Å²) >= 11 is 0. The van der Waals surface area contributed by atoms with Gasteiger partial charge in [0.1, 0.15) is 0 Å². The fourth-order valence-corrected chi connectivity index (χ4v) is 5.72. The predicted molar refractivity (Wildman–Crippen MR) is 90.5 cm³/mol. The number of hydrogen-bond donors (Lipinski definition) is 1. The molecule has 0 radical (unpaired) electrons. The summed E-state index contributed by atoms with van der Waals surface area (Å²) in [5.74, 6) is 3.71. The summed E-state index contributed by atoms with van der Waals surface area (Å²) in [6, 6.07) is 1.70. The number of nitrogens with one attached hydrogen (secondary N) is 1. The quantitative estimate of drug-likeness (QED) is 0.845. The zero-order valence-electron chi connectivity index (χ0n) is 14.5. The first-order valence-electron chi connectivity index (χ1n) is 9.66. The smallest absolute Gasteiger partial charge is 0.0124 e. The molecule has 3 rings (SSSR count). The van der Waals surface area contributed by atoms with Crippen LogP contribution in [0.15, 0.2) is 0 Å². The van der Waals surface area contributed by atoms with E-state index in [1.54, 1.807) is 0 Å². The van der Waals surface area contributed by atoms with Gasteiger partial charge in [0.15, 0.2) is 0 Å². The molecule has 1 saturated heterocycles. The summed E-state index contributed by atoms with van der Waals surface area (Å²) in [5, 5.41) is 3.81. The Morgan fingerprint density at radius 3 is 2.67 bits per heavy atom. The van der Waals surface area contributed by atoms with Gasteiger partial charge >= 0.3 is 0 Å². The first-order valence-corrected chi connectivity index (χ1v) is 9.66. The van der Waals surface area contributed by atoms with Crippen LogP contribution in [0.2, 0.25) is 0 Å². The minimum atomic E-state index is 0.761. The summed E-state index contributed by atoms with van der Waals surface area (Å²) in [4.78, 5) is 2.89. The lowest BCUT2D eigenvalue weighted by molar-refractivity contribution is 0.0827. The normalized spacial score (nSPS) is 44.7. The molecule has 1 aliphatic heterocycles. The molecule has 2 saturated carbocycles. The summed E-state index contributed by atoms with van der Waals surface area (Å²) in [7, 11) is 0. The van der Waals surface area contributed by atoms with Crippen molar-refractivity contribution in [1.29, 1.82) is 0 Å². The van der Waals surface area contributed by atoms with Crippen molar-refractivity contribution in [1.82, 2.24) is 10.2 Å². The van der Waals surface area contributed by atoms with Crippen molar-refractivity contribution in [3.05, 3.63) is 0 Å². The molecule has 2 nitrogen and oxygen atoms in total. The molecule has 21 heavy (non-hydrogen) atoms. The topological polar surface area (TPSA) is 15.3 Å². The Bertz CT molecular complexity index is 330. The van der Waals surface area contributed by atoms with Crippen molar-refractivity contribution in [2.24, 2.45) is 23.7 Å². The van der Waals surface area contributed by atoms with E-state index in [4.69, 9.17) is 0 Å². The highest BCUT2D eigenvalue weighted by Crippen LogP contribution is 2.39. The predicted octanol–water partition coefficient (Wildman–Crippen LogP) is 3.91. The minimum absolute atomic E-state index is 0.761. The molecule has 6 atom stereocenters. The molecule has 0 amide bonds. The van der Waals surface area contributed by atoms with Crippen LogP contribution in [0.1, 0.15) is 65.7 Å². The second kappa shape index (κ2) is 7.00. The van der Waals surface area contributed by atoms with Crippen LogP contribution in [0.3, 0.4) is 0 Å². The second-order valence-electron chi connectivity index (χ2n) is 8.28. The molecule has 3 fully saturated rings. The summed E-state index contributed by atoms with van der Waals surface area (Å²) < 4.78 is 0. The Kier molecular flexibility index (Phi) is 5.27. The van der Waals surface area contributed by atoms with Crippen molar-refractivity contribution in [2.75, 3.05) is 19.6 Å². The third-order valence-electron chi connectivity index (χ3n) is 6.71. The molecule has 1 N–H and O–H groups in total. The molecule has 0 aromatic heterocycles. The standard InChI is InChI=1S/C19H36N2/c1-4-20-18-12-14(2)11-15(3)17(18)13-21-10-9-16-7-5-6-8-19(16)21/h14-20H,4-13H2,1-3H3. The summed E-state index contributed by atoms with van der Waals surface area (Å²) in [5.41, 5.74) is 0. The summed E-state index contributed by atoms with van der Waals surface area (Å²) in [6.45, 7) is 11.1. The van der Waals surface area contributed by atoms with Gasteiger partial charge in [-0.15, -0.1) is 0 Å². The van der Waals surface area contributed by atoms with Gasteiger partial charge in [0.05, 0.1) is 0 Å². The molecule has 2 heteroatoms. The van der Waals surface area contributed by atoms with Crippen LogP contribution in [0.25, 0.3) is 0 Å². The molecule has 0 aromatic carbocycles. The van der Waals surface area contributed by atoms with Gasteiger partial charge in [0.25, 0.3) is 0 Å². The zero-order chi connectivity index (χ0) is 14.8. The van der Waals surface area contributed by atoms with Gasteiger partial charge < -0.3 is 5.32 Å². The number of nitrogens with zero attached hydrogens (tertiary/aromatic N) is 1. The molecular weight excluding hydrogens is 256 g/mol. The zero-order valence-corrected chi connectivity index (χ0v) is 14.5. The molecule has 0 bridgehead atoms. The van der Waals surface area contributed by atoms with Crippen molar-refractivity contribution < 1.29 is 0 Å². The Morgan fingerprint density at radius 2 is 1.86 bits per heavy atom. The number of hydrogen-bond acceptors (Lipinski definition) is 2. The van der Waals surface area contributed by atoms with E-state index in [0.29, 0.717) is 0 Å². The Labute approximate surface area is 132 Å². The van der Waals surface area contributed by atoms with Crippen LogP contribution < -0.4 is 5.32 Å². The van der Waals surface area contributed by atoms with Gasteiger partial charge in [0.2, 0.25) is 0 Å². The van der Waals surface area contributed by atoms with Gasteiger partial charge in [-0.3, -0.25) is 4.90 Å². The largest absolute Gasteiger partial charge is 0.314 e. The van der Waals surface area contributed by atoms with E-state index in [2.05, 4.69) is 31.0 Å². The number of fused-ring (bicyclic) bond motifs is 1. The van der Waals surface area contributed by atoms with Crippen LogP contribution in [0.5, 0.6) is 0 Å². The molecule has 1 heterocycles. The Balaban J connectivity index is 1.64. The molecule has 122 valence electrons. The highest BCUT2D eigenvalue weighted by Gasteiger charge is 2.40. The van der Waals surface area contributed by atoms with E-state index in [9.17, 15) is 0 Å². The minimum Gasteiger partial charge on any atom is -0.314 e. The first kappa shape index (κ1) is 15.8. The fraction of sp³-hybridized carbons (Fsp3) is 1.00. The maximum atomic E-state index is 3.81. The highest BCUT2D eigenvalue weighted by atomic mass is 15.2. The van der Waals surface area contributed by atoms with E-state index in [0.717, 1.165) is 42.3 Å². The van der Waals surface area contributed by atoms with Gasteiger partial charge in [-0.1, -0.05) is 33.6 Å². The second-order valence-corrected chi connectivity index (χ2v) is 8.28. The lowest BCUT2D eigenvalue weighted by atomic mass is 9.72. The molecule has 0 spiro atoms. The van der Waals surface area contributed by atoms with E-state index < -0.39 is 0 Å². The molecule has 6 unspecified atom stereocenters. The van der Waals surface area contributed by atoms with E-state index in [-0.39, 0.29) is 0 Å². The Morgan fingerprint density at radius 1 is 1.05 bits per heavy atom. The lowest BCUT2D eigenvalue weighted by Crippen LogP contribution is -2.50. The van der Waals surface area contributed by atoms with Crippen LogP contribution in [-0.2, 0) is 0 Å². The van der Waals surface area contributed by atoms with Crippen LogP contribution >= 0.6 is 0 Å². The fourth-order valence-electron chi connectivity index (χ4n) is 5.72. The van der Waals surface area contributed by atoms with Crippen LogP contribution in [0.4, 0.5) is 0 Å². The molecular formula is C19H36N2. The third kappa shape index (κ3) is 3.47. The Hall–Kier alpha value is -0.0800. The maximum Gasteiger partial charge on any atom is 0.0124 e. The average molecular weight is 293 g/mol. The highest BCUT2D eigenvalue weighted by molar-refractivity contribution is 4.94. The monoisotopic (exact) mass is 292 g/mol. The maximum absolute atomic E-state index is 3.81. The van der Waals surface area contributed by atoms with Crippen molar-refractivity contribution in [2.45, 2.75) is 77.8 Å². The van der Waals surface area contributed by atoms with Gasteiger partial charge in [0, 0.05) is 18.6 Å².